The number of aryl methyl sites for hydroxylation is 2. The van der Waals surface area contributed by atoms with Crippen LogP contribution in [-0.2, 0) is 23.5 Å². The maximum absolute atomic E-state index is 12.9. The van der Waals surface area contributed by atoms with Gasteiger partial charge in [0.05, 0.1) is 15.1 Å². The first-order valence-electron chi connectivity index (χ1n) is 8.15. The Labute approximate surface area is 150 Å². The Morgan fingerprint density at radius 3 is 2.84 bits per heavy atom. The van der Waals surface area contributed by atoms with Gasteiger partial charge in [0.2, 0.25) is 10.0 Å². The van der Waals surface area contributed by atoms with E-state index < -0.39 is 10.0 Å². The predicted octanol–water partition coefficient (Wildman–Crippen LogP) is 2.96. The largest absolute Gasteiger partial charge is 0.307 e. The molecule has 1 heterocycles. The first-order valence-corrected chi connectivity index (χ1v) is 10.5. The third-order valence-corrected chi connectivity index (χ3v) is 7.21. The summed E-state index contributed by atoms with van der Waals surface area (Å²) in [5.74, 6) is 0. The van der Waals surface area contributed by atoms with E-state index in [0.717, 1.165) is 41.7 Å². The number of nitrogens with zero attached hydrogens (tertiary/aromatic N) is 1. The lowest BCUT2D eigenvalue weighted by Crippen LogP contribution is -2.31. The number of nitrogens with one attached hydrogen (secondary N) is 1. The number of aromatic nitrogens is 1. The van der Waals surface area contributed by atoms with Crippen molar-refractivity contribution in [3.8, 4) is 0 Å². The van der Waals surface area contributed by atoms with Crippen LogP contribution < -0.4 is 9.60 Å². The number of benzene rings is 2. The summed E-state index contributed by atoms with van der Waals surface area (Å²) in [6, 6.07) is 12.6. The predicted molar refractivity (Wildman–Crippen MR) is 99.5 cm³/mol. The van der Waals surface area contributed by atoms with Crippen molar-refractivity contribution in [3.05, 3.63) is 63.3 Å². The summed E-state index contributed by atoms with van der Waals surface area (Å²) < 4.78 is 30.8. The van der Waals surface area contributed by atoms with Gasteiger partial charge in [0, 0.05) is 13.1 Å². The van der Waals surface area contributed by atoms with E-state index in [1.165, 1.54) is 10.1 Å². The number of fused-ring (bicyclic) bond motifs is 2. The van der Waals surface area contributed by atoms with Crippen LogP contribution in [0.1, 0.15) is 30.0 Å². The van der Waals surface area contributed by atoms with E-state index in [1.54, 1.807) is 25.2 Å². The lowest BCUT2D eigenvalue weighted by molar-refractivity contribution is 0.507. The van der Waals surface area contributed by atoms with Crippen molar-refractivity contribution in [2.75, 3.05) is 0 Å². The van der Waals surface area contributed by atoms with Crippen LogP contribution in [0.3, 0.4) is 0 Å². The third kappa shape index (κ3) is 2.92. The molecule has 0 aliphatic heterocycles. The lowest BCUT2D eigenvalue weighted by atomic mass is 9.88. The van der Waals surface area contributed by atoms with Crippen molar-refractivity contribution in [3.63, 3.8) is 0 Å². The Kier molecular flexibility index (Phi) is 4.02. The first kappa shape index (κ1) is 16.5. The van der Waals surface area contributed by atoms with Crippen molar-refractivity contribution in [2.24, 2.45) is 7.05 Å². The molecule has 0 radical (unpaired) electrons. The quantitative estimate of drug-likeness (QED) is 0.766. The second-order valence-electron chi connectivity index (χ2n) is 6.32. The molecule has 1 atom stereocenters. The van der Waals surface area contributed by atoms with Crippen molar-refractivity contribution in [1.82, 2.24) is 9.29 Å². The summed E-state index contributed by atoms with van der Waals surface area (Å²) >= 11 is 1.06. The molecular weight excluding hydrogens is 356 g/mol. The lowest BCUT2D eigenvalue weighted by Gasteiger charge is -2.26. The number of hydrogen-bond donors (Lipinski definition) is 1. The Hall–Kier alpha value is -1.96. The zero-order valence-electron chi connectivity index (χ0n) is 13.7. The molecule has 0 saturated carbocycles. The first-order chi connectivity index (χ1) is 12.0. The van der Waals surface area contributed by atoms with Crippen LogP contribution in [0, 0.1) is 0 Å². The third-order valence-electron chi connectivity index (χ3n) is 4.74. The molecule has 1 aromatic heterocycles. The van der Waals surface area contributed by atoms with Crippen LogP contribution in [0.2, 0.25) is 0 Å². The van der Waals surface area contributed by atoms with Crippen molar-refractivity contribution < 1.29 is 8.42 Å². The number of thiazole rings is 1. The van der Waals surface area contributed by atoms with E-state index >= 15 is 0 Å². The molecule has 25 heavy (non-hydrogen) atoms. The maximum Gasteiger partial charge on any atom is 0.307 e. The molecule has 0 bridgehead atoms. The molecule has 1 aliphatic carbocycles. The van der Waals surface area contributed by atoms with E-state index in [9.17, 15) is 13.2 Å². The fourth-order valence-corrected chi connectivity index (χ4v) is 5.68. The SMILES string of the molecule is Cn1c(=O)sc2cc(S(=O)(=O)N[C@@H]3CCCc4ccccc43)ccc21. The highest BCUT2D eigenvalue weighted by Gasteiger charge is 2.26. The molecule has 1 aliphatic rings. The standard InChI is InChI=1S/C18H18N2O3S2/c1-20-16-10-9-13(11-17(16)24-18(20)21)25(22,23)19-15-8-4-6-12-5-2-3-7-14(12)15/h2-3,5,7,9-11,15,19H,4,6,8H2,1H3/t15-/m1/s1. The normalized spacial score (nSPS) is 17.6. The minimum Gasteiger partial charge on any atom is -0.302 e. The average molecular weight is 374 g/mol. The van der Waals surface area contributed by atoms with E-state index in [1.807, 2.05) is 18.2 Å². The molecule has 0 amide bonds. The fourth-order valence-electron chi connectivity index (χ4n) is 3.41. The molecule has 0 spiro atoms. The molecule has 3 aromatic rings. The van der Waals surface area contributed by atoms with Gasteiger partial charge >= 0.3 is 4.87 Å². The van der Waals surface area contributed by atoms with Crippen LogP contribution in [0.15, 0.2) is 52.2 Å². The summed E-state index contributed by atoms with van der Waals surface area (Å²) in [4.78, 5) is 11.9. The van der Waals surface area contributed by atoms with Gasteiger partial charge in [0.1, 0.15) is 0 Å². The van der Waals surface area contributed by atoms with Gasteiger partial charge in [-0.25, -0.2) is 13.1 Å². The Bertz CT molecular complexity index is 1110. The molecule has 130 valence electrons. The molecule has 5 nitrogen and oxygen atoms in total. The minimum absolute atomic E-state index is 0.0984. The van der Waals surface area contributed by atoms with Crippen molar-refractivity contribution >= 4 is 31.6 Å². The molecule has 4 rings (SSSR count). The summed E-state index contributed by atoms with van der Waals surface area (Å²) in [6.07, 6.45) is 2.74. The molecule has 2 aromatic carbocycles. The van der Waals surface area contributed by atoms with Gasteiger partial charge in [-0.2, -0.15) is 0 Å². The summed E-state index contributed by atoms with van der Waals surface area (Å²) in [6.45, 7) is 0. The Morgan fingerprint density at radius 2 is 2.00 bits per heavy atom. The van der Waals surface area contributed by atoms with Gasteiger partial charge in [-0.3, -0.25) is 4.79 Å². The second-order valence-corrected chi connectivity index (χ2v) is 9.03. The number of sulfonamides is 1. The van der Waals surface area contributed by atoms with E-state index in [0.29, 0.717) is 4.70 Å². The van der Waals surface area contributed by atoms with Gasteiger partial charge < -0.3 is 4.57 Å². The number of rotatable bonds is 3. The van der Waals surface area contributed by atoms with Crippen LogP contribution in [-0.4, -0.2) is 13.0 Å². The zero-order valence-corrected chi connectivity index (χ0v) is 15.4. The van der Waals surface area contributed by atoms with Crippen LogP contribution in [0.5, 0.6) is 0 Å². The summed E-state index contributed by atoms with van der Waals surface area (Å²) in [5.41, 5.74) is 3.01. The minimum atomic E-state index is -3.65. The van der Waals surface area contributed by atoms with Gasteiger partial charge in [0.25, 0.3) is 0 Å². The number of hydrogen-bond acceptors (Lipinski definition) is 4. The summed E-state index contributed by atoms with van der Waals surface area (Å²) in [7, 11) is -1.97. The van der Waals surface area contributed by atoms with Gasteiger partial charge in [-0.15, -0.1) is 0 Å². The second kappa shape index (κ2) is 6.09. The van der Waals surface area contributed by atoms with Crippen LogP contribution in [0.25, 0.3) is 10.2 Å². The Balaban J connectivity index is 1.70. The molecule has 0 fully saturated rings. The zero-order chi connectivity index (χ0) is 17.6. The van der Waals surface area contributed by atoms with E-state index in [2.05, 4.69) is 10.8 Å². The maximum atomic E-state index is 12.9. The molecule has 0 saturated heterocycles. The van der Waals surface area contributed by atoms with Crippen LogP contribution in [0.4, 0.5) is 0 Å². The van der Waals surface area contributed by atoms with Gasteiger partial charge in [-0.05, 0) is 48.6 Å². The van der Waals surface area contributed by atoms with Crippen LogP contribution >= 0.6 is 11.3 Å². The molecule has 0 unspecified atom stereocenters. The Morgan fingerprint density at radius 1 is 1.20 bits per heavy atom. The smallest absolute Gasteiger partial charge is 0.302 e. The highest BCUT2D eigenvalue weighted by molar-refractivity contribution is 7.89. The monoisotopic (exact) mass is 374 g/mol. The van der Waals surface area contributed by atoms with E-state index in [-0.39, 0.29) is 15.8 Å². The van der Waals surface area contributed by atoms with E-state index in [4.69, 9.17) is 0 Å². The molecule has 7 heteroatoms. The highest BCUT2D eigenvalue weighted by Crippen LogP contribution is 2.31. The topological polar surface area (TPSA) is 68.2 Å². The average Bonchev–Trinajstić information content (AvgIpc) is 2.89. The molecular formula is C18H18N2O3S2. The van der Waals surface area contributed by atoms with Gasteiger partial charge in [0.15, 0.2) is 0 Å². The summed E-state index contributed by atoms with van der Waals surface area (Å²) in [5, 5.41) is 0. The highest BCUT2D eigenvalue weighted by atomic mass is 32.2. The van der Waals surface area contributed by atoms with Crippen molar-refractivity contribution in [2.45, 2.75) is 30.2 Å². The van der Waals surface area contributed by atoms with Crippen molar-refractivity contribution in [1.29, 1.82) is 0 Å². The molecule has 1 N–H and O–H groups in total. The fraction of sp³-hybridized carbons (Fsp3) is 0.278. The van der Waals surface area contributed by atoms with Gasteiger partial charge in [-0.1, -0.05) is 35.6 Å².